The minimum atomic E-state index is -1.26. The van der Waals surface area contributed by atoms with Crippen LogP contribution in [0.15, 0.2) is 24.3 Å². The van der Waals surface area contributed by atoms with Gasteiger partial charge in [-0.3, -0.25) is 14.4 Å². The Morgan fingerprint density at radius 1 is 1.18 bits per heavy atom. The van der Waals surface area contributed by atoms with Crippen LogP contribution in [-0.2, 0) is 23.9 Å². The van der Waals surface area contributed by atoms with Gasteiger partial charge in [0, 0.05) is 25.7 Å². The highest BCUT2D eigenvalue weighted by Gasteiger charge is 2.74. The molecule has 0 aromatic heterocycles. The van der Waals surface area contributed by atoms with E-state index in [1.165, 1.54) is 4.90 Å². The quantitative estimate of drug-likeness (QED) is 0.480. The fraction of sp³-hybridized carbons (Fsp3) is 0.720. The minimum absolute atomic E-state index is 0.00943. The van der Waals surface area contributed by atoms with Crippen LogP contribution in [0.4, 0.5) is 0 Å². The Hall–Kier alpha value is -2.19. The standard InChI is InChI=1S/C25H36N2O6/c1-4-10-17(2)26-13-8-12-25-18(21(29)27(14-9-15-28)20(25)22(26)30)19-23(31)32-16-7-5-6-11-24(19,3)33-25/h6,8,11-12,17-20,28H,4-5,7,9-10,13-16H2,1-3H3/b11-6-/t17?,18-,19-,20?,24+,25-/m0/s1. The molecule has 0 radical (unpaired) electrons. The maximum Gasteiger partial charge on any atom is 0.313 e. The summed E-state index contributed by atoms with van der Waals surface area (Å²) < 4.78 is 12.3. The van der Waals surface area contributed by atoms with Gasteiger partial charge in [-0.2, -0.15) is 0 Å². The number of amides is 2. The van der Waals surface area contributed by atoms with Gasteiger partial charge in [0.1, 0.15) is 17.6 Å². The normalized spacial score (nSPS) is 37.9. The lowest BCUT2D eigenvalue weighted by atomic mass is 9.74. The predicted molar refractivity (Wildman–Crippen MR) is 121 cm³/mol. The number of aliphatic hydroxyl groups is 1. The number of esters is 1. The van der Waals surface area contributed by atoms with Crippen molar-refractivity contribution in [2.75, 3.05) is 26.3 Å². The molecule has 182 valence electrons. The van der Waals surface area contributed by atoms with Crippen molar-refractivity contribution in [3.63, 3.8) is 0 Å². The third-order valence-electron chi connectivity index (χ3n) is 7.58. The van der Waals surface area contributed by atoms with E-state index in [2.05, 4.69) is 6.92 Å². The smallest absolute Gasteiger partial charge is 0.313 e. The topological polar surface area (TPSA) is 96.4 Å². The first kappa shape index (κ1) is 24.0. The van der Waals surface area contributed by atoms with Crippen molar-refractivity contribution in [1.29, 1.82) is 0 Å². The van der Waals surface area contributed by atoms with Crippen LogP contribution in [0.1, 0.15) is 52.9 Å². The molecule has 0 saturated carbocycles. The Kier molecular flexibility index (Phi) is 6.69. The first-order valence-corrected chi connectivity index (χ1v) is 12.2. The number of carbonyl (C=O) groups excluding carboxylic acids is 3. The molecule has 0 bridgehead atoms. The lowest BCUT2D eigenvalue weighted by molar-refractivity contribution is -0.160. The van der Waals surface area contributed by atoms with E-state index in [1.807, 2.05) is 43.1 Å². The number of nitrogens with zero attached hydrogens (tertiary/aromatic N) is 2. The summed E-state index contributed by atoms with van der Waals surface area (Å²) in [6, 6.07) is -0.872. The van der Waals surface area contributed by atoms with Crippen LogP contribution in [0.2, 0.25) is 0 Å². The van der Waals surface area contributed by atoms with Crippen molar-refractivity contribution in [2.24, 2.45) is 11.8 Å². The molecule has 4 rings (SSSR count). The molecule has 8 heteroatoms. The number of hydrogen-bond donors (Lipinski definition) is 1. The lowest BCUT2D eigenvalue weighted by Crippen LogP contribution is -2.57. The van der Waals surface area contributed by atoms with E-state index in [0.717, 1.165) is 19.3 Å². The van der Waals surface area contributed by atoms with Gasteiger partial charge < -0.3 is 24.4 Å². The average molecular weight is 461 g/mol. The number of fused-ring (bicyclic) bond motifs is 2. The van der Waals surface area contributed by atoms with Gasteiger partial charge in [-0.15, -0.1) is 0 Å². The Morgan fingerprint density at radius 2 is 1.97 bits per heavy atom. The number of hydrogen-bond acceptors (Lipinski definition) is 6. The van der Waals surface area contributed by atoms with E-state index < -0.39 is 35.0 Å². The van der Waals surface area contributed by atoms with Crippen LogP contribution >= 0.6 is 0 Å². The summed E-state index contributed by atoms with van der Waals surface area (Å²) in [6.45, 7) is 6.77. The molecule has 6 atom stereocenters. The number of cyclic esters (lactones) is 1. The first-order valence-electron chi connectivity index (χ1n) is 12.2. The van der Waals surface area contributed by atoms with Crippen LogP contribution in [0.25, 0.3) is 0 Å². The highest BCUT2D eigenvalue weighted by molar-refractivity contribution is 5.99. The number of ether oxygens (including phenoxy) is 2. The van der Waals surface area contributed by atoms with Gasteiger partial charge in [-0.25, -0.2) is 0 Å². The molecular weight excluding hydrogens is 424 g/mol. The number of carbonyl (C=O) groups is 3. The summed E-state index contributed by atoms with van der Waals surface area (Å²) in [4.78, 5) is 44.5. The largest absolute Gasteiger partial charge is 0.465 e. The van der Waals surface area contributed by atoms with Crippen molar-refractivity contribution < 1.29 is 29.0 Å². The van der Waals surface area contributed by atoms with Gasteiger partial charge in [0.15, 0.2) is 0 Å². The van der Waals surface area contributed by atoms with Crippen LogP contribution in [-0.4, -0.2) is 82.3 Å². The maximum atomic E-state index is 14.0. The maximum absolute atomic E-state index is 14.0. The molecule has 0 aromatic rings. The highest BCUT2D eigenvalue weighted by atomic mass is 16.6. The van der Waals surface area contributed by atoms with E-state index in [4.69, 9.17) is 9.47 Å². The second kappa shape index (κ2) is 9.22. The Balaban J connectivity index is 1.83. The summed E-state index contributed by atoms with van der Waals surface area (Å²) in [7, 11) is 0. The predicted octanol–water partition coefficient (Wildman–Crippen LogP) is 1.82. The number of rotatable bonds is 6. The zero-order valence-corrected chi connectivity index (χ0v) is 19.9. The van der Waals surface area contributed by atoms with Crippen molar-refractivity contribution in [2.45, 2.75) is 76.2 Å². The van der Waals surface area contributed by atoms with Crippen molar-refractivity contribution in [1.82, 2.24) is 9.80 Å². The molecule has 33 heavy (non-hydrogen) atoms. The van der Waals surface area contributed by atoms with Crippen LogP contribution in [0, 0.1) is 11.8 Å². The fourth-order valence-electron chi connectivity index (χ4n) is 6.10. The second-order valence-electron chi connectivity index (χ2n) is 9.85. The first-order chi connectivity index (χ1) is 15.8. The third-order valence-corrected chi connectivity index (χ3v) is 7.58. The minimum Gasteiger partial charge on any atom is -0.465 e. The van der Waals surface area contributed by atoms with E-state index in [-0.39, 0.29) is 31.0 Å². The van der Waals surface area contributed by atoms with E-state index in [9.17, 15) is 19.5 Å². The second-order valence-corrected chi connectivity index (χ2v) is 9.85. The molecule has 2 amide bonds. The zero-order chi connectivity index (χ0) is 23.8. The molecule has 4 aliphatic heterocycles. The van der Waals surface area contributed by atoms with E-state index >= 15 is 0 Å². The Labute approximate surface area is 195 Å². The monoisotopic (exact) mass is 460 g/mol. The van der Waals surface area contributed by atoms with E-state index in [1.54, 1.807) is 0 Å². The molecule has 2 saturated heterocycles. The third kappa shape index (κ3) is 3.81. The summed E-state index contributed by atoms with van der Waals surface area (Å²) in [6.07, 6.45) is 11.2. The molecule has 2 unspecified atom stereocenters. The number of likely N-dealkylation sites (tertiary alicyclic amines) is 1. The van der Waals surface area contributed by atoms with Crippen LogP contribution < -0.4 is 0 Å². The van der Waals surface area contributed by atoms with Crippen molar-refractivity contribution in [3.8, 4) is 0 Å². The van der Waals surface area contributed by atoms with Gasteiger partial charge in [0.05, 0.1) is 18.1 Å². The SMILES string of the molecule is CCCC(C)N1CC=C[C@]23O[C@]4(C)/C=C\CCCOC(=O)[C@@H]4[C@H]2C(=O)N(CCCO)C3C1=O. The van der Waals surface area contributed by atoms with Gasteiger partial charge in [0.25, 0.3) is 0 Å². The summed E-state index contributed by atoms with van der Waals surface area (Å²) in [5.41, 5.74) is -2.32. The fourth-order valence-corrected chi connectivity index (χ4v) is 6.10. The van der Waals surface area contributed by atoms with Crippen LogP contribution in [0.3, 0.4) is 0 Å². The van der Waals surface area contributed by atoms with Gasteiger partial charge >= 0.3 is 5.97 Å². The van der Waals surface area contributed by atoms with Crippen LogP contribution in [0.5, 0.6) is 0 Å². The van der Waals surface area contributed by atoms with Gasteiger partial charge in [0.2, 0.25) is 11.8 Å². The average Bonchev–Trinajstić information content (AvgIpc) is 3.11. The van der Waals surface area contributed by atoms with Crippen molar-refractivity contribution in [3.05, 3.63) is 24.3 Å². The van der Waals surface area contributed by atoms with Gasteiger partial charge in [-0.05, 0) is 39.5 Å². The summed E-state index contributed by atoms with van der Waals surface area (Å²) >= 11 is 0. The molecule has 1 spiro atoms. The summed E-state index contributed by atoms with van der Waals surface area (Å²) in [5.74, 6) is -2.61. The highest BCUT2D eigenvalue weighted by Crippen LogP contribution is 2.57. The Morgan fingerprint density at radius 3 is 2.70 bits per heavy atom. The molecule has 4 aliphatic rings. The number of aliphatic hydroxyl groups excluding tert-OH is 1. The van der Waals surface area contributed by atoms with Gasteiger partial charge in [-0.1, -0.05) is 37.6 Å². The van der Waals surface area contributed by atoms with E-state index in [0.29, 0.717) is 26.0 Å². The molecule has 0 aromatic carbocycles. The summed E-state index contributed by atoms with van der Waals surface area (Å²) in [5, 5.41) is 9.45. The molecular formula is C25H36N2O6. The number of allylic oxidation sites excluding steroid dienone is 1. The molecule has 8 nitrogen and oxygen atoms in total. The molecule has 1 N–H and O–H groups in total. The molecule has 0 aliphatic carbocycles. The lowest BCUT2D eigenvalue weighted by Gasteiger charge is -2.38. The zero-order valence-electron chi connectivity index (χ0n) is 19.9. The van der Waals surface area contributed by atoms with Crippen molar-refractivity contribution >= 4 is 17.8 Å². The Bertz CT molecular complexity index is 856. The molecule has 2 fully saturated rings. The molecule has 4 heterocycles.